The number of rotatable bonds is 12. The lowest BCUT2D eigenvalue weighted by Gasteiger charge is -2.24. The van der Waals surface area contributed by atoms with Gasteiger partial charge in [-0.1, -0.05) is 63.0 Å². The van der Waals surface area contributed by atoms with E-state index in [9.17, 15) is 9.59 Å². The normalized spacial score (nSPS) is 16.7. The van der Waals surface area contributed by atoms with E-state index >= 15 is 0 Å². The third-order valence-electron chi connectivity index (χ3n) is 8.75. The van der Waals surface area contributed by atoms with Gasteiger partial charge in [0.2, 0.25) is 12.3 Å². The van der Waals surface area contributed by atoms with Gasteiger partial charge in [0.05, 0.1) is 30.2 Å². The Kier molecular flexibility index (Phi) is 10.6. The molecule has 1 aliphatic heterocycles. The fraction of sp³-hybridized carbons (Fsp3) is 0.342. The molecule has 0 aliphatic carbocycles. The lowest BCUT2D eigenvalue weighted by atomic mass is 9.97. The molecule has 0 spiro atoms. The Labute approximate surface area is 272 Å². The Hall–Kier alpha value is -4.87. The van der Waals surface area contributed by atoms with Crippen LogP contribution in [0.4, 0.5) is 0 Å². The Morgan fingerprint density at radius 2 is 1.85 bits per heavy atom. The van der Waals surface area contributed by atoms with Crippen LogP contribution in [0.5, 0.6) is 0 Å². The number of nitrogens with zero attached hydrogens (tertiary/aromatic N) is 3. The number of allylic oxidation sites excluding steroid dienone is 1. The SMILES string of the molecule is C=C(CN(CCC)C(=O)CNC=O)N/C(=C\C)c1ccc2cc(C#Cc3ccc4nc(C5C(CC)CCN5C)[nH]c4c3)ccc2c1. The van der Waals surface area contributed by atoms with Crippen LogP contribution < -0.4 is 10.6 Å². The monoisotopic (exact) mass is 616 g/mol. The Morgan fingerprint density at radius 1 is 1.11 bits per heavy atom. The number of hydrogen-bond acceptors (Lipinski definition) is 5. The molecule has 8 nitrogen and oxygen atoms in total. The summed E-state index contributed by atoms with van der Waals surface area (Å²) in [4.78, 5) is 35.7. The molecule has 3 N–H and O–H groups in total. The number of hydrogen-bond donors (Lipinski definition) is 3. The number of carbonyl (C=O) groups is 2. The second kappa shape index (κ2) is 14.9. The summed E-state index contributed by atoms with van der Waals surface area (Å²) in [6, 6.07) is 19.1. The number of likely N-dealkylation sites (tertiary alicyclic amines) is 1. The van der Waals surface area contributed by atoms with Crippen LogP contribution >= 0.6 is 0 Å². The summed E-state index contributed by atoms with van der Waals surface area (Å²) in [5.74, 6) is 8.23. The molecule has 1 aromatic heterocycles. The first kappa shape index (κ1) is 32.5. The molecule has 2 amide bonds. The van der Waals surface area contributed by atoms with Crippen molar-refractivity contribution in [3.63, 3.8) is 0 Å². The highest BCUT2D eigenvalue weighted by molar-refractivity contribution is 5.87. The topological polar surface area (TPSA) is 93.4 Å². The van der Waals surface area contributed by atoms with Crippen molar-refractivity contribution >= 4 is 39.8 Å². The van der Waals surface area contributed by atoms with Crippen LogP contribution in [0.25, 0.3) is 27.5 Å². The van der Waals surface area contributed by atoms with E-state index in [0.29, 0.717) is 37.2 Å². The van der Waals surface area contributed by atoms with E-state index in [1.165, 1.54) is 6.42 Å². The first-order valence-electron chi connectivity index (χ1n) is 16.2. The van der Waals surface area contributed by atoms with Crippen molar-refractivity contribution in [1.82, 2.24) is 30.4 Å². The van der Waals surface area contributed by atoms with E-state index in [0.717, 1.165) is 69.4 Å². The smallest absolute Gasteiger partial charge is 0.242 e. The van der Waals surface area contributed by atoms with Gasteiger partial charge in [-0.05, 0) is 92.0 Å². The predicted octanol–water partition coefficient (Wildman–Crippen LogP) is 5.97. The molecule has 0 saturated carbocycles. The highest BCUT2D eigenvalue weighted by Crippen LogP contribution is 2.37. The average molecular weight is 617 g/mol. The maximum atomic E-state index is 12.5. The minimum atomic E-state index is -0.142. The molecule has 2 unspecified atom stereocenters. The van der Waals surface area contributed by atoms with Gasteiger partial charge in [-0.2, -0.15) is 0 Å². The van der Waals surface area contributed by atoms with E-state index in [1.54, 1.807) is 4.90 Å². The number of amides is 2. The van der Waals surface area contributed by atoms with Crippen LogP contribution in [0.3, 0.4) is 0 Å². The number of fused-ring (bicyclic) bond motifs is 2. The zero-order valence-electron chi connectivity index (χ0n) is 27.3. The molecule has 2 heterocycles. The van der Waals surface area contributed by atoms with Crippen LogP contribution in [-0.4, -0.2) is 65.3 Å². The molecule has 1 saturated heterocycles. The second-order valence-electron chi connectivity index (χ2n) is 12.0. The number of benzene rings is 3. The minimum Gasteiger partial charge on any atom is -0.358 e. The first-order chi connectivity index (χ1) is 22.3. The van der Waals surface area contributed by atoms with Crippen molar-refractivity contribution in [3.05, 3.63) is 95.5 Å². The summed E-state index contributed by atoms with van der Waals surface area (Å²) in [6.45, 7) is 12.4. The van der Waals surface area contributed by atoms with Gasteiger partial charge in [-0.15, -0.1) is 0 Å². The molecule has 0 bridgehead atoms. The van der Waals surface area contributed by atoms with Gasteiger partial charge in [0, 0.05) is 29.1 Å². The Morgan fingerprint density at radius 3 is 2.59 bits per heavy atom. The fourth-order valence-corrected chi connectivity index (χ4v) is 6.34. The Bertz CT molecular complexity index is 1830. The van der Waals surface area contributed by atoms with Gasteiger partial charge in [0.25, 0.3) is 0 Å². The zero-order chi connectivity index (χ0) is 32.6. The van der Waals surface area contributed by atoms with Crippen LogP contribution in [0.15, 0.2) is 72.9 Å². The number of aromatic nitrogens is 2. The molecule has 0 radical (unpaired) electrons. The summed E-state index contributed by atoms with van der Waals surface area (Å²) < 4.78 is 0. The standard InChI is InChI=1S/C38H44N6O2/c1-6-18-44(36(46)23-39-25-45)24-26(4)40-33(8-3)32-15-14-30-20-27(11-13-31(30)22-32)9-10-28-12-16-34-35(21-28)42-38(41-34)37-29(7-2)17-19-43(37)5/h8,11-16,20-22,25,29,37,40H,4,6-7,17-19,23-24H2,1-3,5H3,(H,39,45)(H,41,42)/b33-8-. The average Bonchev–Trinajstić information content (AvgIpc) is 3.66. The largest absolute Gasteiger partial charge is 0.358 e. The number of nitrogens with one attached hydrogen (secondary N) is 3. The maximum Gasteiger partial charge on any atom is 0.242 e. The van der Waals surface area contributed by atoms with Crippen molar-refractivity contribution < 1.29 is 9.59 Å². The van der Waals surface area contributed by atoms with E-state index in [-0.39, 0.29) is 12.5 Å². The summed E-state index contributed by atoms with van der Waals surface area (Å²) in [7, 11) is 2.19. The number of imidazole rings is 1. The zero-order valence-corrected chi connectivity index (χ0v) is 27.3. The number of H-pyrrole nitrogens is 1. The minimum absolute atomic E-state index is 0.0253. The van der Waals surface area contributed by atoms with Crippen molar-refractivity contribution in [1.29, 1.82) is 0 Å². The van der Waals surface area contributed by atoms with Gasteiger partial charge in [-0.3, -0.25) is 14.5 Å². The van der Waals surface area contributed by atoms with E-state index < -0.39 is 0 Å². The van der Waals surface area contributed by atoms with Gasteiger partial charge >= 0.3 is 0 Å². The van der Waals surface area contributed by atoms with Gasteiger partial charge < -0.3 is 20.5 Å². The molecule has 4 aromatic rings. The number of carbonyl (C=O) groups excluding carboxylic acids is 2. The van der Waals surface area contributed by atoms with Gasteiger partial charge in [0.1, 0.15) is 5.82 Å². The molecule has 8 heteroatoms. The van der Waals surface area contributed by atoms with Crippen LogP contribution in [-0.2, 0) is 9.59 Å². The highest BCUT2D eigenvalue weighted by Gasteiger charge is 2.33. The summed E-state index contributed by atoms with van der Waals surface area (Å²) >= 11 is 0. The van der Waals surface area contributed by atoms with Crippen LogP contribution in [0.2, 0.25) is 0 Å². The fourth-order valence-electron chi connectivity index (χ4n) is 6.34. The third-order valence-corrected chi connectivity index (χ3v) is 8.75. The van der Waals surface area contributed by atoms with E-state index in [2.05, 4.69) is 101 Å². The molecular weight excluding hydrogens is 572 g/mol. The third kappa shape index (κ3) is 7.49. The lowest BCUT2D eigenvalue weighted by Crippen LogP contribution is -2.40. The highest BCUT2D eigenvalue weighted by atomic mass is 16.2. The molecule has 238 valence electrons. The maximum absolute atomic E-state index is 12.5. The predicted molar refractivity (Wildman–Crippen MR) is 187 cm³/mol. The molecule has 1 aliphatic rings. The first-order valence-corrected chi connectivity index (χ1v) is 16.2. The van der Waals surface area contributed by atoms with E-state index in [4.69, 9.17) is 4.98 Å². The molecule has 46 heavy (non-hydrogen) atoms. The van der Waals surface area contributed by atoms with Crippen LogP contribution in [0, 0.1) is 17.8 Å². The second-order valence-corrected chi connectivity index (χ2v) is 12.0. The quantitative estimate of drug-likeness (QED) is 0.135. The molecule has 1 fully saturated rings. The van der Waals surface area contributed by atoms with Crippen molar-refractivity contribution in [3.8, 4) is 11.8 Å². The van der Waals surface area contributed by atoms with Crippen molar-refractivity contribution in [2.75, 3.05) is 33.2 Å². The number of aromatic amines is 1. The summed E-state index contributed by atoms with van der Waals surface area (Å²) in [5, 5.41) is 8.04. The van der Waals surface area contributed by atoms with Crippen LogP contribution in [0.1, 0.15) is 68.6 Å². The summed E-state index contributed by atoms with van der Waals surface area (Å²) in [5.41, 5.74) is 6.54. The Balaban J connectivity index is 1.27. The molecule has 2 atom stereocenters. The summed E-state index contributed by atoms with van der Waals surface area (Å²) in [6.07, 6.45) is 5.72. The lowest BCUT2D eigenvalue weighted by molar-refractivity contribution is -0.131. The molecule has 5 rings (SSSR count). The van der Waals surface area contributed by atoms with Crippen molar-refractivity contribution in [2.24, 2.45) is 5.92 Å². The molecular formula is C38H44N6O2. The van der Waals surface area contributed by atoms with Gasteiger partial charge in [-0.25, -0.2) is 4.98 Å². The van der Waals surface area contributed by atoms with Crippen molar-refractivity contribution in [2.45, 2.75) is 46.1 Å². The van der Waals surface area contributed by atoms with Gasteiger partial charge in [0.15, 0.2) is 0 Å². The molecule has 3 aromatic carbocycles. The van der Waals surface area contributed by atoms with E-state index in [1.807, 2.05) is 26.0 Å².